The van der Waals surface area contributed by atoms with Gasteiger partial charge < -0.3 is 14.2 Å². The summed E-state index contributed by atoms with van der Waals surface area (Å²) < 4.78 is 12.7. The number of aromatic nitrogens is 4. The summed E-state index contributed by atoms with van der Waals surface area (Å²) in [7, 11) is 1.66. The van der Waals surface area contributed by atoms with E-state index in [1.165, 1.54) is 0 Å². The largest absolute Gasteiger partial charge is 0.380 e. The van der Waals surface area contributed by atoms with Gasteiger partial charge in [0.1, 0.15) is 6.04 Å². The molecule has 0 spiro atoms. The van der Waals surface area contributed by atoms with Gasteiger partial charge in [0.2, 0.25) is 5.89 Å². The van der Waals surface area contributed by atoms with E-state index in [0.717, 1.165) is 24.4 Å². The Hall–Kier alpha value is -2.22. The van der Waals surface area contributed by atoms with Gasteiger partial charge in [-0.15, -0.1) is 0 Å². The quantitative estimate of drug-likeness (QED) is 0.824. The molecule has 1 amide bonds. The van der Waals surface area contributed by atoms with E-state index in [0.29, 0.717) is 30.2 Å². The first kappa shape index (κ1) is 17.6. The summed E-state index contributed by atoms with van der Waals surface area (Å²) in [6.07, 6.45) is 1.56. The van der Waals surface area contributed by atoms with Gasteiger partial charge in [-0.2, -0.15) is 10.1 Å². The van der Waals surface area contributed by atoms with Crippen LogP contribution in [0.3, 0.4) is 0 Å². The molecule has 0 aromatic carbocycles. The van der Waals surface area contributed by atoms with Crippen LogP contribution < -0.4 is 0 Å². The van der Waals surface area contributed by atoms with Crippen LogP contribution in [0, 0.1) is 20.8 Å². The number of amides is 1. The van der Waals surface area contributed by atoms with Crippen LogP contribution in [0.5, 0.6) is 0 Å². The zero-order valence-electron chi connectivity index (χ0n) is 15.4. The fourth-order valence-corrected chi connectivity index (χ4v) is 3.45. The molecule has 8 heteroatoms. The molecule has 1 fully saturated rings. The molecule has 136 valence electrons. The van der Waals surface area contributed by atoms with Crippen molar-refractivity contribution in [1.82, 2.24) is 24.8 Å². The van der Waals surface area contributed by atoms with Crippen molar-refractivity contribution < 1.29 is 14.1 Å². The van der Waals surface area contributed by atoms with Crippen LogP contribution >= 0.6 is 0 Å². The number of hydrogen-bond acceptors (Lipinski definition) is 6. The summed E-state index contributed by atoms with van der Waals surface area (Å²) in [5.41, 5.74) is 2.30. The zero-order chi connectivity index (χ0) is 18.1. The first-order valence-electron chi connectivity index (χ1n) is 8.64. The van der Waals surface area contributed by atoms with Crippen LogP contribution in [-0.4, -0.2) is 50.5 Å². The maximum Gasteiger partial charge on any atom is 0.258 e. The number of carbonyl (C=O) groups excluding carboxylic acids is 1. The molecule has 2 aromatic heterocycles. The van der Waals surface area contributed by atoms with Crippen LogP contribution in [0.25, 0.3) is 0 Å². The Bertz CT molecular complexity index is 766. The average Bonchev–Trinajstić information content (AvgIpc) is 3.26. The van der Waals surface area contributed by atoms with Gasteiger partial charge in [-0.05, 0) is 27.2 Å². The van der Waals surface area contributed by atoms with Gasteiger partial charge >= 0.3 is 0 Å². The lowest BCUT2D eigenvalue weighted by Crippen LogP contribution is -2.33. The SMILES string of the molecule is CCCn1nc(C)c(C(=O)N2C[C@H](OC)C[C@@H]2c2nc(C)no2)c1C. The molecule has 0 radical (unpaired) electrons. The summed E-state index contributed by atoms with van der Waals surface area (Å²) in [4.78, 5) is 19.4. The van der Waals surface area contributed by atoms with Gasteiger partial charge in [0, 0.05) is 32.3 Å². The second-order valence-electron chi connectivity index (χ2n) is 6.52. The van der Waals surface area contributed by atoms with Gasteiger partial charge in [0.05, 0.1) is 17.4 Å². The third-order valence-corrected chi connectivity index (χ3v) is 4.72. The van der Waals surface area contributed by atoms with Crippen LogP contribution in [0.4, 0.5) is 0 Å². The van der Waals surface area contributed by atoms with Gasteiger partial charge in [0.15, 0.2) is 5.82 Å². The summed E-state index contributed by atoms with van der Waals surface area (Å²) in [6, 6.07) is -0.271. The van der Waals surface area contributed by atoms with Crippen molar-refractivity contribution in [1.29, 1.82) is 0 Å². The maximum absolute atomic E-state index is 13.3. The third-order valence-electron chi connectivity index (χ3n) is 4.72. The number of methoxy groups -OCH3 is 1. The number of hydrogen-bond donors (Lipinski definition) is 0. The molecule has 0 aliphatic carbocycles. The number of rotatable bonds is 5. The van der Waals surface area contributed by atoms with E-state index in [1.54, 1.807) is 18.9 Å². The molecule has 0 unspecified atom stereocenters. The Labute approximate surface area is 147 Å². The lowest BCUT2D eigenvalue weighted by molar-refractivity contribution is 0.0669. The lowest BCUT2D eigenvalue weighted by Gasteiger charge is -2.22. The van der Waals surface area contributed by atoms with Gasteiger partial charge in [-0.3, -0.25) is 9.48 Å². The lowest BCUT2D eigenvalue weighted by atomic mass is 10.1. The van der Waals surface area contributed by atoms with Crippen molar-refractivity contribution in [2.24, 2.45) is 0 Å². The number of ether oxygens (including phenoxy) is 1. The monoisotopic (exact) mass is 347 g/mol. The van der Waals surface area contributed by atoms with Crippen molar-refractivity contribution in [3.05, 3.63) is 28.7 Å². The molecule has 0 saturated carbocycles. The molecule has 1 aliphatic rings. The predicted octanol–water partition coefficient (Wildman–Crippen LogP) is 2.20. The maximum atomic E-state index is 13.3. The standard InChI is InChI=1S/C17H25N5O3/c1-6-7-22-11(3)15(10(2)19-22)17(23)21-9-13(24-5)8-14(21)16-18-12(4)20-25-16/h13-14H,6-9H2,1-5H3/t13-,14-/m1/s1. The summed E-state index contributed by atoms with van der Waals surface area (Å²) in [5, 5.41) is 8.38. The summed E-state index contributed by atoms with van der Waals surface area (Å²) in [6.45, 7) is 8.98. The first-order valence-corrected chi connectivity index (χ1v) is 8.64. The summed E-state index contributed by atoms with van der Waals surface area (Å²) in [5.74, 6) is 0.964. The molecule has 2 atom stereocenters. The van der Waals surface area contributed by atoms with Gasteiger partial charge in [0.25, 0.3) is 5.91 Å². The molecule has 3 heterocycles. The third kappa shape index (κ3) is 3.18. The fourth-order valence-electron chi connectivity index (χ4n) is 3.45. The molecular formula is C17H25N5O3. The van der Waals surface area contributed by atoms with Crippen LogP contribution in [0.1, 0.15) is 59.3 Å². The molecule has 3 rings (SSSR count). The predicted molar refractivity (Wildman–Crippen MR) is 90.2 cm³/mol. The number of carbonyl (C=O) groups is 1. The van der Waals surface area contributed by atoms with E-state index >= 15 is 0 Å². The van der Waals surface area contributed by atoms with Gasteiger partial charge in [-0.1, -0.05) is 12.1 Å². The van der Waals surface area contributed by atoms with E-state index in [-0.39, 0.29) is 18.1 Å². The Kier molecular flexibility index (Phi) is 4.89. The van der Waals surface area contributed by atoms with Crippen LogP contribution in [0.15, 0.2) is 4.52 Å². The molecular weight excluding hydrogens is 322 g/mol. The number of nitrogens with zero attached hydrogens (tertiary/aromatic N) is 5. The second kappa shape index (κ2) is 6.95. The zero-order valence-corrected chi connectivity index (χ0v) is 15.4. The van der Waals surface area contributed by atoms with E-state index in [1.807, 2.05) is 18.5 Å². The van der Waals surface area contributed by atoms with E-state index in [4.69, 9.17) is 9.26 Å². The summed E-state index contributed by atoms with van der Waals surface area (Å²) >= 11 is 0. The first-order chi connectivity index (χ1) is 12.0. The van der Waals surface area contributed by atoms with E-state index in [9.17, 15) is 4.79 Å². The van der Waals surface area contributed by atoms with Crippen LogP contribution in [-0.2, 0) is 11.3 Å². The minimum absolute atomic E-state index is 0.0487. The van der Waals surface area contributed by atoms with Crippen molar-refractivity contribution in [2.45, 2.75) is 59.2 Å². The smallest absolute Gasteiger partial charge is 0.258 e. The van der Waals surface area contributed by atoms with E-state index in [2.05, 4.69) is 22.2 Å². The Morgan fingerprint density at radius 3 is 2.72 bits per heavy atom. The topological polar surface area (TPSA) is 86.3 Å². The number of aryl methyl sites for hydroxylation is 3. The van der Waals surface area contributed by atoms with Crippen molar-refractivity contribution >= 4 is 5.91 Å². The Morgan fingerprint density at radius 1 is 1.36 bits per heavy atom. The Morgan fingerprint density at radius 2 is 2.12 bits per heavy atom. The minimum atomic E-state index is -0.271. The fraction of sp³-hybridized carbons (Fsp3) is 0.647. The molecule has 0 bridgehead atoms. The van der Waals surface area contributed by atoms with Crippen molar-refractivity contribution in [3.63, 3.8) is 0 Å². The molecule has 2 aromatic rings. The normalized spacial score (nSPS) is 20.4. The minimum Gasteiger partial charge on any atom is -0.380 e. The highest BCUT2D eigenvalue weighted by atomic mass is 16.5. The highest BCUT2D eigenvalue weighted by Gasteiger charge is 2.41. The molecule has 25 heavy (non-hydrogen) atoms. The molecule has 8 nitrogen and oxygen atoms in total. The van der Waals surface area contributed by atoms with Crippen LogP contribution in [0.2, 0.25) is 0 Å². The average molecular weight is 347 g/mol. The highest BCUT2D eigenvalue weighted by molar-refractivity contribution is 5.96. The highest BCUT2D eigenvalue weighted by Crippen LogP contribution is 2.34. The molecule has 1 aliphatic heterocycles. The molecule has 1 saturated heterocycles. The Balaban J connectivity index is 1.94. The van der Waals surface area contributed by atoms with Crippen molar-refractivity contribution in [3.8, 4) is 0 Å². The van der Waals surface area contributed by atoms with Crippen molar-refractivity contribution in [2.75, 3.05) is 13.7 Å². The number of likely N-dealkylation sites (tertiary alicyclic amines) is 1. The van der Waals surface area contributed by atoms with Gasteiger partial charge in [-0.25, -0.2) is 0 Å². The second-order valence-corrected chi connectivity index (χ2v) is 6.52. The molecule has 0 N–H and O–H groups in total. The van der Waals surface area contributed by atoms with E-state index < -0.39 is 0 Å².